The maximum atomic E-state index is 14.7. The number of aliphatic hydroxyl groups excluding tert-OH is 1. The van der Waals surface area contributed by atoms with Crippen LogP contribution in [0.4, 0.5) is 22.0 Å². The molecule has 3 atom stereocenters. The molecule has 4 rings (SSSR count). The van der Waals surface area contributed by atoms with E-state index in [0.717, 1.165) is 19.1 Å². The summed E-state index contributed by atoms with van der Waals surface area (Å²) < 4.78 is 73.1. The van der Waals surface area contributed by atoms with Crippen LogP contribution >= 0.6 is 0 Å². The van der Waals surface area contributed by atoms with Crippen LogP contribution in [0.2, 0.25) is 0 Å². The third-order valence-electron chi connectivity index (χ3n) is 6.07. The van der Waals surface area contributed by atoms with Gasteiger partial charge in [0, 0.05) is 25.2 Å². The summed E-state index contributed by atoms with van der Waals surface area (Å²) in [5.41, 5.74) is 0.877. The van der Waals surface area contributed by atoms with E-state index in [4.69, 9.17) is 0 Å². The average molecular weight is 461 g/mol. The number of benzene rings is 2. The van der Waals surface area contributed by atoms with Gasteiger partial charge in [0.2, 0.25) is 0 Å². The van der Waals surface area contributed by atoms with E-state index < -0.39 is 36.6 Å². The molecule has 2 aromatic carbocycles. The van der Waals surface area contributed by atoms with Crippen LogP contribution in [0, 0.1) is 17.1 Å². The minimum Gasteiger partial charge on any atom is -0.382 e. The molecule has 3 aromatic rings. The molecule has 0 spiro atoms. The Morgan fingerprint density at radius 3 is 2.61 bits per heavy atom. The second kappa shape index (κ2) is 8.27. The Morgan fingerprint density at radius 2 is 2.00 bits per heavy atom. The van der Waals surface area contributed by atoms with Gasteiger partial charge < -0.3 is 5.11 Å². The van der Waals surface area contributed by atoms with E-state index in [9.17, 15) is 32.3 Å². The number of hydrogen-bond donors (Lipinski definition) is 1. The summed E-state index contributed by atoms with van der Waals surface area (Å²) in [6.45, 7) is 0.975. The van der Waals surface area contributed by atoms with Crippen molar-refractivity contribution in [2.45, 2.75) is 44.1 Å². The molecule has 172 valence electrons. The first-order valence-corrected chi connectivity index (χ1v) is 10.2. The molecule has 1 aliphatic carbocycles. The van der Waals surface area contributed by atoms with Crippen molar-refractivity contribution in [1.29, 1.82) is 5.26 Å². The van der Waals surface area contributed by atoms with Gasteiger partial charge in [-0.3, -0.25) is 4.68 Å². The number of nitriles is 1. The molecule has 0 saturated carbocycles. The first-order valence-electron chi connectivity index (χ1n) is 10.2. The van der Waals surface area contributed by atoms with Crippen molar-refractivity contribution in [3.05, 3.63) is 75.7 Å². The Hall–Kier alpha value is -3.25. The standard InChI is InChI=1S/C24H20F5N3O/c1-12(25)22(27)18-9-15(26)7-14(11-30)17(18)8-13-3-4-16(20-5-6-31-32(20)2)21-19(13)10-24(28,29)23(21)33/h3-7,9,12,22-23,33H,8,10H2,1-2H3. The van der Waals surface area contributed by atoms with Crippen LogP contribution in [-0.2, 0) is 19.9 Å². The minimum absolute atomic E-state index is 0.0242. The number of alkyl halides is 4. The molecule has 1 aromatic heterocycles. The number of rotatable bonds is 5. The number of hydrogen-bond acceptors (Lipinski definition) is 3. The quantitative estimate of drug-likeness (QED) is 0.526. The normalized spacial score (nSPS) is 18.6. The van der Waals surface area contributed by atoms with E-state index in [0.29, 0.717) is 16.8 Å². The zero-order valence-corrected chi connectivity index (χ0v) is 17.8. The van der Waals surface area contributed by atoms with Crippen LogP contribution < -0.4 is 0 Å². The number of aryl methyl sites for hydroxylation is 1. The second-order valence-electron chi connectivity index (χ2n) is 8.23. The molecular formula is C24H20F5N3O. The van der Waals surface area contributed by atoms with E-state index in [1.807, 2.05) is 0 Å². The minimum atomic E-state index is -3.44. The predicted octanol–water partition coefficient (Wildman–Crippen LogP) is 5.28. The topological polar surface area (TPSA) is 61.8 Å². The lowest BCUT2D eigenvalue weighted by atomic mass is 9.87. The second-order valence-corrected chi connectivity index (χ2v) is 8.23. The maximum Gasteiger partial charge on any atom is 0.281 e. The number of fused-ring (bicyclic) bond motifs is 1. The highest BCUT2D eigenvalue weighted by molar-refractivity contribution is 5.70. The summed E-state index contributed by atoms with van der Waals surface area (Å²) in [4.78, 5) is 0. The number of aromatic nitrogens is 2. The maximum absolute atomic E-state index is 14.7. The molecule has 1 N–H and O–H groups in total. The Bertz CT molecular complexity index is 1260. The van der Waals surface area contributed by atoms with Crippen LogP contribution in [0.1, 0.15) is 52.6 Å². The summed E-state index contributed by atoms with van der Waals surface area (Å²) in [5.74, 6) is -4.33. The van der Waals surface area contributed by atoms with Gasteiger partial charge in [0.25, 0.3) is 5.92 Å². The van der Waals surface area contributed by atoms with E-state index in [-0.39, 0.29) is 34.2 Å². The molecule has 3 unspecified atom stereocenters. The molecule has 1 aliphatic rings. The van der Waals surface area contributed by atoms with Crippen molar-refractivity contribution in [2.75, 3.05) is 0 Å². The number of halogens is 5. The van der Waals surface area contributed by atoms with Gasteiger partial charge in [-0.2, -0.15) is 10.4 Å². The summed E-state index contributed by atoms with van der Waals surface area (Å²) in [6.07, 6.45) is -5.71. The third kappa shape index (κ3) is 3.89. The van der Waals surface area contributed by atoms with Gasteiger partial charge in [-0.25, -0.2) is 22.0 Å². The fourth-order valence-corrected chi connectivity index (χ4v) is 4.44. The first-order chi connectivity index (χ1) is 15.5. The summed E-state index contributed by atoms with van der Waals surface area (Å²) in [7, 11) is 1.64. The predicted molar refractivity (Wildman–Crippen MR) is 111 cm³/mol. The molecule has 33 heavy (non-hydrogen) atoms. The summed E-state index contributed by atoms with van der Waals surface area (Å²) >= 11 is 0. The molecule has 0 aliphatic heterocycles. The van der Waals surface area contributed by atoms with E-state index in [1.54, 1.807) is 31.3 Å². The van der Waals surface area contributed by atoms with Gasteiger partial charge in [0.1, 0.15) is 18.1 Å². The first kappa shape index (κ1) is 22.9. The van der Waals surface area contributed by atoms with Crippen molar-refractivity contribution in [3.63, 3.8) is 0 Å². The van der Waals surface area contributed by atoms with E-state index >= 15 is 0 Å². The number of nitrogens with zero attached hydrogens (tertiary/aromatic N) is 3. The lowest BCUT2D eigenvalue weighted by Crippen LogP contribution is -2.21. The highest BCUT2D eigenvalue weighted by Gasteiger charge is 2.49. The van der Waals surface area contributed by atoms with E-state index in [1.165, 1.54) is 10.9 Å². The molecule has 9 heteroatoms. The highest BCUT2D eigenvalue weighted by Crippen LogP contribution is 2.49. The van der Waals surface area contributed by atoms with Crippen molar-refractivity contribution in [1.82, 2.24) is 9.78 Å². The van der Waals surface area contributed by atoms with Crippen LogP contribution in [0.3, 0.4) is 0 Å². The van der Waals surface area contributed by atoms with Gasteiger partial charge in [-0.1, -0.05) is 12.1 Å². The Kier molecular flexibility index (Phi) is 5.74. The fourth-order valence-electron chi connectivity index (χ4n) is 4.44. The lowest BCUT2D eigenvalue weighted by Gasteiger charge is -2.19. The zero-order chi connectivity index (χ0) is 24.1. The van der Waals surface area contributed by atoms with Crippen LogP contribution in [0.5, 0.6) is 0 Å². The molecule has 1 heterocycles. The number of aliphatic hydroxyl groups is 1. The molecule has 0 fully saturated rings. The van der Waals surface area contributed by atoms with Crippen LogP contribution in [0.15, 0.2) is 36.5 Å². The van der Waals surface area contributed by atoms with Crippen LogP contribution in [-0.4, -0.2) is 27.0 Å². The van der Waals surface area contributed by atoms with E-state index in [2.05, 4.69) is 5.10 Å². The molecule has 4 nitrogen and oxygen atoms in total. The molecular weight excluding hydrogens is 441 g/mol. The average Bonchev–Trinajstić information content (AvgIpc) is 3.29. The van der Waals surface area contributed by atoms with Gasteiger partial charge in [-0.05, 0) is 59.4 Å². The van der Waals surface area contributed by atoms with Crippen LogP contribution in [0.25, 0.3) is 11.3 Å². The Morgan fingerprint density at radius 1 is 1.27 bits per heavy atom. The zero-order valence-electron chi connectivity index (χ0n) is 17.8. The van der Waals surface area contributed by atoms with Gasteiger partial charge >= 0.3 is 0 Å². The third-order valence-corrected chi connectivity index (χ3v) is 6.07. The fraction of sp³-hybridized carbons (Fsp3) is 0.333. The monoisotopic (exact) mass is 461 g/mol. The molecule has 0 amide bonds. The smallest absolute Gasteiger partial charge is 0.281 e. The highest BCUT2D eigenvalue weighted by atomic mass is 19.3. The van der Waals surface area contributed by atoms with Crippen molar-refractivity contribution in [3.8, 4) is 17.3 Å². The largest absolute Gasteiger partial charge is 0.382 e. The SMILES string of the molecule is CC(F)C(F)c1cc(F)cc(C#N)c1Cc1ccc(-c2ccnn2C)c2c1CC(F)(F)C2O. The molecule has 0 radical (unpaired) electrons. The molecule has 0 bridgehead atoms. The summed E-state index contributed by atoms with van der Waals surface area (Å²) in [6, 6.07) is 8.24. The van der Waals surface area contributed by atoms with Gasteiger partial charge in [0.05, 0.1) is 17.3 Å². The van der Waals surface area contributed by atoms with Crippen molar-refractivity contribution in [2.24, 2.45) is 7.05 Å². The molecule has 0 saturated heterocycles. The lowest BCUT2D eigenvalue weighted by molar-refractivity contribution is -0.0966. The Balaban J connectivity index is 1.90. The van der Waals surface area contributed by atoms with Gasteiger partial charge in [-0.15, -0.1) is 0 Å². The summed E-state index contributed by atoms with van der Waals surface area (Å²) in [5, 5.41) is 24.0. The Labute approximate surface area is 186 Å². The van der Waals surface area contributed by atoms with Crippen molar-refractivity contribution >= 4 is 0 Å². The van der Waals surface area contributed by atoms with Gasteiger partial charge in [0.15, 0.2) is 6.17 Å². The van der Waals surface area contributed by atoms with Crippen molar-refractivity contribution < 1.29 is 27.1 Å².